The van der Waals surface area contributed by atoms with E-state index in [4.69, 9.17) is 11.6 Å². The molecule has 4 aliphatic carbocycles. The molecule has 4 aliphatic rings. The van der Waals surface area contributed by atoms with Crippen molar-refractivity contribution in [3.8, 4) is 5.75 Å². The number of nitrogens with one attached hydrogen (secondary N) is 1. The second-order valence-electron chi connectivity index (χ2n) is 8.78. The molecule has 9 heteroatoms. The summed E-state index contributed by atoms with van der Waals surface area (Å²) >= 11 is 5.97. The number of benzene rings is 1. The number of nitrogens with zero attached hydrogens (tertiary/aromatic N) is 3. The van der Waals surface area contributed by atoms with Crippen LogP contribution >= 0.6 is 11.6 Å². The Morgan fingerprint density at radius 2 is 1.90 bits per heavy atom. The van der Waals surface area contributed by atoms with Gasteiger partial charge in [-0.15, -0.1) is 5.10 Å². The summed E-state index contributed by atoms with van der Waals surface area (Å²) in [7, 11) is 0. The van der Waals surface area contributed by atoms with Crippen LogP contribution in [0.1, 0.15) is 38.5 Å². The van der Waals surface area contributed by atoms with Gasteiger partial charge in [0.25, 0.3) is 0 Å². The lowest BCUT2D eigenvalue weighted by Gasteiger charge is -2.60. The molecule has 0 radical (unpaired) electrons. The van der Waals surface area contributed by atoms with E-state index in [1.807, 2.05) is 4.68 Å². The van der Waals surface area contributed by atoms with Gasteiger partial charge in [-0.25, -0.2) is 9.67 Å². The fraction of sp³-hybridized carbons (Fsp3) is 0.550. The molecular formula is C20H21ClF2N4O2. The summed E-state index contributed by atoms with van der Waals surface area (Å²) in [6.07, 6.45) is 7.28. The minimum absolute atomic E-state index is 0.00952. The molecule has 4 saturated carbocycles. The molecule has 0 spiro atoms. The quantitative estimate of drug-likeness (QED) is 0.772. The molecule has 1 aromatic heterocycles. The zero-order valence-electron chi connectivity index (χ0n) is 15.7. The van der Waals surface area contributed by atoms with E-state index < -0.39 is 12.0 Å². The van der Waals surface area contributed by atoms with E-state index in [1.165, 1.54) is 12.1 Å². The standard InChI is InChI=1S/C20H21ClF2N4O2/c21-17-24-11-27(26-17)20-8-12-5-13(9-20)7-19(6-12,10-20)16(28)25-14-1-3-15(4-2-14)29-18(22)23/h1-4,11-13,18H,5-10H2,(H,25,28)/t12-,13-,19?,20?/m0/s1. The smallest absolute Gasteiger partial charge is 0.387 e. The van der Waals surface area contributed by atoms with E-state index in [-0.39, 0.29) is 22.5 Å². The van der Waals surface area contributed by atoms with Crippen molar-refractivity contribution >= 4 is 23.2 Å². The average Bonchev–Trinajstić information content (AvgIpc) is 3.09. The predicted octanol–water partition coefficient (Wildman–Crippen LogP) is 4.47. The van der Waals surface area contributed by atoms with Gasteiger partial charge in [0.05, 0.1) is 11.0 Å². The van der Waals surface area contributed by atoms with Crippen LogP contribution in [-0.2, 0) is 10.3 Å². The number of hydrogen-bond donors (Lipinski definition) is 1. The molecule has 0 aliphatic heterocycles. The Balaban J connectivity index is 1.38. The van der Waals surface area contributed by atoms with Crippen LogP contribution in [0.4, 0.5) is 14.5 Å². The Hall–Kier alpha value is -2.22. The monoisotopic (exact) mass is 422 g/mol. The number of amides is 1. The van der Waals surface area contributed by atoms with Gasteiger partial charge in [0, 0.05) is 5.69 Å². The largest absolute Gasteiger partial charge is 0.435 e. The lowest BCUT2D eigenvalue weighted by Crippen LogP contribution is -2.60. The van der Waals surface area contributed by atoms with Gasteiger partial charge in [-0.1, -0.05) is 0 Å². The molecule has 1 N–H and O–H groups in total. The highest BCUT2D eigenvalue weighted by atomic mass is 35.5. The maximum Gasteiger partial charge on any atom is 0.387 e. The van der Waals surface area contributed by atoms with Crippen LogP contribution in [0.3, 0.4) is 0 Å². The van der Waals surface area contributed by atoms with Crippen LogP contribution < -0.4 is 10.1 Å². The van der Waals surface area contributed by atoms with Crippen molar-refractivity contribution in [2.45, 2.75) is 50.7 Å². The van der Waals surface area contributed by atoms with E-state index in [1.54, 1.807) is 18.5 Å². The van der Waals surface area contributed by atoms with Crippen molar-refractivity contribution in [1.82, 2.24) is 14.8 Å². The highest BCUT2D eigenvalue weighted by Crippen LogP contribution is 2.64. The molecule has 0 saturated heterocycles. The number of ether oxygens (including phenoxy) is 1. The highest BCUT2D eigenvalue weighted by Gasteiger charge is 2.61. The molecule has 4 fully saturated rings. The summed E-state index contributed by atoms with van der Waals surface area (Å²) in [5.74, 6) is 1.01. The zero-order chi connectivity index (χ0) is 20.2. The first-order valence-electron chi connectivity index (χ1n) is 9.80. The Morgan fingerprint density at radius 3 is 2.48 bits per heavy atom. The van der Waals surface area contributed by atoms with E-state index in [0.29, 0.717) is 23.9 Å². The van der Waals surface area contributed by atoms with Crippen molar-refractivity contribution in [1.29, 1.82) is 0 Å². The normalized spacial score (nSPS) is 32.6. The number of carbonyl (C=O) groups excluding carboxylic acids is 1. The fourth-order valence-corrected chi connectivity index (χ4v) is 6.33. The molecule has 2 atom stereocenters. The lowest BCUT2D eigenvalue weighted by atomic mass is 9.46. The van der Waals surface area contributed by atoms with Crippen molar-refractivity contribution in [2.75, 3.05) is 5.32 Å². The molecule has 6 nitrogen and oxygen atoms in total. The third kappa shape index (κ3) is 3.27. The Kier molecular flexibility index (Phi) is 4.31. The topological polar surface area (TPSA) is 69.0 Å². The van der Waals surface area contributed by atoms with Crippen LogP contribution in [0.2, 0.25) is 5.28 Å². The molecule has 1 aromatic carbocycles. The molecule has 2 aromatic rings. The maximum atomic E-state index is 13.4. The molecule has 0 unspecified atom stereocenters. The SMILES string of the molecule is O=C(Nc1ccc(OC(F)F)cc1)C12C[C@@H]3C[C@@H](C1)CC(n1cnc(Cl)n1)(C3)C2. The van der Waals surface area contributed by atoms with Gasteiger partial charge in [0.1, 0.15) is 12.1 Å². The highest BCUT2D eigenvalue weighted by molar-refractivity contribution is 6.28. The molecular weight excluding hydrogens is 402 g/mol. The van der Waals surface area contributed by atoms with Crippen LogP contribution in [0.25, 0.3) is 0 Å². The van der Waals surface area contributed by atoms with Crippen molar-refractivity contribution < 1.29 is 18.3 Å². The second-order valence-corrected chi connectivity index (χ2v) is 9.12. The summed E-state index contributed by atoms with van der Waals surface area (Å²) in [6.45, 7) is -2.87. The molecule has 154 valence electrons. The van der Waals surface area contributed by atoms with Crippen LogP contribution in [0.5, 0.6) is 5.75 Å². The van der Waals surface area contributed by atoms with Crippen molar-refractivity contribution in [2.24, 2.45) is 17.3 Å². The first-order chi connectivity index (χ1) is 13.9. The third-order valence-electron chi connectivity index (χ3n) is 6.80. The van der Waals surface area contributed by atoms with E-state index in [9.17, 15) is 13.6 Å². The summed E-state index contributed by atoms with van der Waals surface area (Å²) in [4.78, 5) is 17.5. The number of hydrogen-bond acceptors (Lipinski definition) is 4. The van der Waals surface area contributed by atoms with E-state index in [0.717, 1.165) is 32.1 Å². The molecule has 1 heterocycles. The molecule has 29 heavy (non-hydrogen) atoms. The summed E-state index contributed by atoms with van der Waals surface area (Å²) < 4.78 is 30.9. The Labute approximate surface area is 171 Å². The zero-order valence-corrected chi connectivity index (χ0v) is 16.4. The minimum Gasteiger partial charge on any atom is -0.435 e. The van der Waals surface area contributed by atoms with Gasteiger partial charge in [0.15, 0.2) is 0 Å². The molecule has 4 bridgehead atoms. The van der Waals surface area contributed by atoms with Crippen LogP contribution in [0.15, 0.2) is 30.6 Å². The number of halogens is 3. The number of rotatable bonds is 5. The van der Waals surface area contributed by atoms with Crippen molar-refractivity contribution in [3.63, 3.8) is 0 Å². The van der Waals surface area contributed by atoms with E-state index in [2.05, 4.69) is 20.1 Å². The fourth-order valence-electron chi connectivity index (χ4n) is 6.20. The Bertz CT molecular complexity index is 919. The van der Waals surface area contributed by atoms with Gasteiger partial charge in [0.2, 0.25) is 11.2 Å². The van der Waals surface area contributed by atoms with Gasteiger partial charge in [-0.2, -0.15) is 8.78 Å². The number of aromatic nitrogens is 3. The molecule has 1 amide bonds. The summed E-state index contributed by atoms with van der Waals surface area (Å²) in [6, 6.07) is 6.03. The first-order valence-corrected chi connectivity index (χ1v) is 10.2. The number of carbonyl (C=O) groups is 1. The molecule has 6 rings (SSSR count). The first kappa shape index (κ1) is 18.8. The van der Waals surface area contributed by atoms with Gasteiger partial charge < -0.3 is 10.1 Å². The minimum atomic E-state index is -2.87. The third-order valence-corrected chi connectivity index (χ3v) is 6.97. The summed E-state index contributed by atoms with van der Waals surface area (Å²) in [5, 5.41) is 7.60. The van der Waals surface area contributed by atoms with Crippen molar-refractivity contribution in [3.05, 3.63) is 35.9 Å². The second kappa shape index (κ2) is 6.65. The van der Waals surface area contributed by atoms with Gasteiger partial charge in [-0.05, 0) is 86.2 Å². The summed E-state index contributed by atoms with van der Waals surface area (Å²) in [5.41, 5.74) is -0.0952. The van der Waals surface area contributed by atoms with Gasteiger partial charge in [-0.3, -0.25) is 4.79 Å². The van der Waals surface area contributed by atoms with Gasteiger partial charge >= 0.3 is 6.61 Å². The van der Waals surface area contributed by atoms with Crippen LogP contribution in [0, 0.1) is 17.3 Å². The van der Waals surface area contributed by atoms with Crippen LogP contribution in [-0.4, -0.2) is 27.3 Å². The van der Waals surface area contributed by atoms with E-state index >= 15 is 0 Å². The predicted molar refractivity (Wildman–Crippen MR) is 102 cm³/mol. The lowest BCUT2D eigenvalue weighted by molar-refractivity contribution is -0.150. The maximum absolute atomic E-state index is 13.4. The number of alkyl halides is 2. The number of anilines is 1. The Morgan fingerprint density at radius 1 is 1.21 bits per heavy atom. The average molecular weight is 423 g/mol.